The molecule has 0 aromatic rings. The van der Waals surface area contributed by atoms with E-state index < -0.39 is 0 Å². The molecule has 0 unspecified atom stereocenters. The Morgan fingerprint density at radius 2 is 2.25 bits per heavy atom. The van der Waals surface area contributed by atoms with Crippen LogP contribution in [-0.4, -0.2) is 36.5 Å². The molecule has 1 N–H and O–H groups in total. The fourth-order valence-electron chi connectivity index (χ4n) is 0.778. The van der Waals surface area contributed by atoms with Gasteiger partial charge in [0, 0.05) is 19.5 Å². The lowest BCUT2D eigenvalue weighted by atomic mass is 10.5. The highest BCUT2D eigenvalue weighted by Gasteiger charge is 2.12. The Kier molecular flexibility index (Phi) is 4.42. The van der Waals surface area contributed by atoms with E-state index in [2.05, 4.69) is 4.31 Å². The zero-order valence-corrected chi connectivity index (χ0v) is 8.02. The van der Waals surface area contributed by atoms with Crippen molar-refractivity contribution in [3.8, 4) is 0 Å². The summed E-state index contributed by atoms with van der Waals surface area (Å²) in [7, 11) is 0. The van der Waals surface area contributed by atoms with E-state index in [0.29, 0.717) is 12.3 Å². The molecule has 0 aromatic heterocycles. The third-order valence-electron chi connectivity index (χ3n) is 1.53. The number of hydrogen-bond donors (Lipinski definition) is 1. The van der Waals surface area contributed by atoms with Crippen molar-refractivity contribution in [2.24, 2.45) is 0 Å². The Hall–Kier alpha value is -0.260. The Labute approximate surface area is 77.1 Å². The first kappa shape index (κ1) is 9.83. The van der Waals surface area contributed by atoms with E-state index in [4.69, 9.17) is 14.3 Å². The van der Waals surface area contributed by atoms with E-state index in [9.17, 15) is 0 Å². The van der Waals surface area contributed by atoms with E-state index in [1.54, 1.807) is 0 Å². The molecule has 1 heterocycles. The lowest BCUT2D eigenvalue weighted by Gasteiger charge is -2.23. The van der Waals surface area contributed by atoms with Crippen LogP contribution in [0.5, 0.6) is 0 Å². The smallest absolute Gasteiger partial charge is 0.198 e. The van der Waals surface area contributed by atoms with Crippen LogP contribution in [0.4, 0.5) is 0 Å². The Bertz CT molecular complexity index is 148. The minimum Gasteiger partial charge on any atom is -0.395 e. The van der Waals surface area contributed by atoms with E-state index in [1.807, 2.05) is 6.92 Å². The van der Waals surface area contributed by atoms with Crippen LogP contribution in [0.25, 0.3) is 0 Å². The van der Waals surface area contributed by atoms with Gasteiger partial charge in [0.05, 0.1) is 13.2 Å². The number of morpholine rings is 1. The van der Waals surface area contributed by atoms with Gasteiger partial charge < -0.3 is 8.92 Å². The summed E-state index contributed by atoms with van der Waals surface area (Å²) < 4.78 is 12.3. The molecular weight excluding hydrogens is 176 g/mol. The van der Waals surface area contributed by atoms with E-state index >= 15 is 0 Å². The van der Waals surface area contributed by atoms with Crippen LogP contribution in [0.15, 0.2) is 0 Å². The van der Waals surface area contributed by atoms with Crippen molar-refractivity contribution < 1.29 is 8.92 Å². The normalized spacial score (nSPS) is 19.1. The monoisotopic (exact) mass is 190 g/mol. The highest BCUT2D eigenvalue weighted by Crippen LogP contribution is 2.13. The molecule has 0 spiro atoms. The molecule has 1 fully saturated rings. The fraction of sp³-hybridized carbons (Fsp3) is 0.857. The summed E-state index contributed by atoms with van der Waals surface area (Å²) >= 11 is 1.26. The Balaban J connectivity index is 2.09. The zero-order valence-electron chi connectivity index (χ0n) is 7.21. The largest absolute Gasteiger partial charge is 0.395 e. The third-order valence-corrected chi connectivity index (χ3v) is 2.39. The molecule has 5 heteroatoms. The second-order valence-electron chi connectivity index (χ2n) is 2.48. The number of rotatable bonds is 3. The first-order chi connectivity index (χ1) is 5.83. The molecule has 0 amide bonds. The van der Waals surface area contributed by atoms with Crippen LogP contribution in [-0.2, 0) is 8.92 Å². The molecule has 12 heavy (non-hydrogen) atoms. The van der Waals surface area contributed by atoms with Crippen LogP contribution >= 0.6 is 12.2 Å². The second-order valence-corrected chi connectivity index (χ2v) is 3.31. The van der Waals surface area contributed by atoms with E-state index in [1.165, 1.54) is 12.2 Å². The summed E-state index contributed by atoms with van der Waals surface area (Å²) in [6.07, 6.45) is 0.650. The van der Waals surface area contributed by atoms with Gasteiger partial charge in [-0.25, -0.2) is 4.31 Å². The average Bonchev–Trinajstić information content (AvgIpc) is 2.16. The topological polar surface area (TPSA) is 45.5 Å². The van der Waals surface area contributed by atoms with Crippen LogP contribution in [0.3, 0.4) is 0 Å². The van der Waals surface area contributed by atoms with Crippen LogP contribution in [0, 0.1) is 5.41 Å². The van der Waals surface area contributed by atoms with Gasteiger partial charge in [0.25, 0.3) is 0 Å². The van der Waals surface area contributed by atoms with Crippen LogP contribution in [0.2, 0.25) is 0 Å². The number of hydrogen-bond acceptors (Lipinski definition) is 5. The second kappa shape index (κ2) is 5.40. The van der Waals surface area contributed by atoms with Crippen molar-refractivity contribution in [3.63, 3.8) is 0 Å². The van der Waals surface area contributed by atoms with E-state index in [0.717, 1.165) is 26.3 Å². The number of ether oxygens (including phenoxy) is 1. The summed E-state index contributed by atoms with van der Waals surface area (Å²) in [5.74, 6) is 0.325. The molecule has 0 atom stereocenters. The predicted molar refractivity (Wildman–Crippen MR) is 49.1 cm³/mol. The van der Waals surface area contributed by atoms with Gasteiger partial charge in [-0.2, -0.15) is 0 Å². The number of nitrogens with zero attached hydrogens (tertiary/aromatic N) is 1. The van der Waals surface area contributed by atoms with Crippen LogP contribution in [0.1, 0.15) is 13.3 Å². The Morgan fingerprint density at radius 3 is 2.83 bits per heavy atom. The quantitative estimate of drug-likeness (QED) is 0.315. The summed E-state index contributed by atoms with van der Waals surface area (Å²) in [5, 5.41) is 7.26. The standard InChI is InChI=1S/C7H14N2O2S/c1-2-7(8)11-12-9-3-5-10-6-4-9/h8H,2-6H2,1H3. The summed E-state index contributed by atoms with van der Waals surface area (Å²) in [6, 6.07) is 0. The highest BCUT2D eigenvalue weighted by atomic mass is 32.2. The lowest BCUT2D eigenvalue weighted by Crippen LogP contribution is -2.31. The van der Waals surface area contributed by atoms with Gasteiger partial charge in [0.1, 0.15) is 12.2 Å². The molecule has 0 radical (unpaired) electrons. The zero-order chi connectivity index (χ0) is 8.81. The molecule has 1 rings (SSSR count). The third kappa shape index (κ3) is 3.42. The van der Waals surface area contributed by atoms with Gasteiger partial charge in [0.2, 0.25) is 0 Å². The molecule has 0 saturated carbocycles. The SMILES string of the molecule is CCC(=N)OSN1CCOCC1. The fourth-order valence-corrected chi connectivity index (χ4v) is 1.39. The minimum atomic E-state index is 0.325. The van der Waals surface area contributed by atoms with Crippen molar-refractivity contribution in [1.29, 1.82) is 5.41 Å². The van der Waals surface area contributed by atoms with Gasteiger partial charge in [-0.15, -0.1) is 0 Å². The first-order valence-corrected chi connectivity index (χ1v) is 4.77. The van der Waals surface area contributed by atoms with Gasteiger partial charge in [-0.1, -0.05) is 6.92 Å². The van der Waals surface area contributed by atoms with Crippen molar-refractivity contribution in [3.05, 3.63) is 0 Å². The molecule has 1 aliphatic heterocycles. The number of nitrogens with one attached hydrogen (secondary N) is 1. The highest BCUT2D eigenvalue weighted by molar-refractivity contribution is 7.92. The molecule has 1 saturated heterocycles. The molecule has 0 aliphatic carbocycles. The maximum Gasteiger partial charge on any atom is 0.198 e. The maximum absolute atomic E-state index is 7.26. The predicted octanol–water partition coefficient (Wildman–Crippen LogP) is 1.29. The van der Waals surface area contributed by atoms with Crippen molar-refractivity contribution in [2.45, 2.75) is 13.3 Å². The van der Waals surface area contributed by atoms with Crippen LogP contribution < -0.4 is 0 Å². The van der Waals surface area contributed by atoms with Crippen molar-refractivity contribution in [1.82, 2.24) is 4.31 Å². The average molecular weight is 190 g/mol. The van der Waals surface area contributed by atoms with Gasteiger partial charge in [-0.3, -0.25) is 5.41 Å². The van der Waals surface area contributed by atoms with Gasteiger partial charge in [-0.05, 0) is 0 Å². The summed E-state index contributed by atoms with van der Waals surface area (Å²) in [5.41, 5.74) is 0. The molecule has 1 aliphatic rings. The van der Waals surface area contributed by atoms with Gasteiger partial charge >= 0.3 is 0 Å². The molecule has 70 valence electrons. The van der Waals surface area contributed by atoms with Crippen molar-refractivity contribution >= 4 is 18.1 Å². The van der Waals surface area contributed by atoms with Gasteiger partial charge in [0.15, 0.2) is 5.90 Å². The lowest BCUT2D eigenvalue weighted by molar-refractivity contribution is 0.0754. The van der Waals surface area contributed by atoms with E-state index in [-0.39, 0.29) is 0 Å². The molecule has 0 bridgehead atoms. The summed E-state index contributed by atoms with van der Waals surface area (Å²) in [6.45, 7) is 5.18. The minimum absolute atomic E-state index is 0.325. The Morgan fingerprint density at radius 1 is 1.58 bits per heavy atom. The molecule has 0 aromatic carbocycles. The first-order valence-electron chi connectivity index (χ1n) is 4.07. The maximum atomic E-state index is 7.26. The summed E-state index contributed by atoms with van der Waals surface area (Å²) in [4.78, 5) is 0. The molecular formula is C7H14N2O2S. The van der Waals surface area contributed by atoms with Crippen molar-refractivity contribution in [2.75, 3.05) is 26.3 Å². The molecule has 4 nitrogen and oxygen atoms in total.